The lowest BCUT2D eigenvalue weighted by Gasteiger charge is -2.27. The quantitative estimate of drug-likeness (QED) is 0.736. The Morgan fingerprint density at radius 1 is 1.00 bits per heavy atom. The van der Waals surface area contributed by atoms with Crippen LogP contribution in [0.2, 0.25) is 0 Å². The van der Waals surface area contributed by atoms with Crippen molar-refractivity contribution in [2.75, 3.05) is 39.2 Å². The first-order chi connectivity index (χ1) is 12.3. The summed E-state index contributed by atoms with van der Waals surface area (Å²) in [7, 11) is 2.10. The number of rotatable bonds is 7. The molecule has 0 radical (unpaired) electrons. The molecule has 140 valence electrons. The summed E-state index contributed by atoms with van der Waals surface area (Å²) >= 11 is 0. The van der Waals surface area contributed by atoms with Gasteiger partial charge in [0.15, 0.2) is 0 Å². The normalized spacial score (nSPS) is 10.9. The molecule has 0 aromatic heterocycles. The molecule has 0 heterocycles. The van der Waals surface area contributed by atoms with Gasteiger partial charge >= 0.3 is 0 Å². The van der Waals surface area contributed by atoms with Crippen molar-refractivity contribution < 1.29 is 22.7 Å². The number of benzene rings is 2. The Labute approximate surface area is 153 Å². The maximum Gasteiger partial charge on any atom is 0.264 e. The maximum absolute atomic E-state index is 13.2. The highest BCUT2D eigenvalue weighted by molar-refractivity contribution is 7.92. The monoisotopic (exact) mass is 378 g/mol. The first-order valence-corrected chi connectivity index (χ1v) is 9.25. The van der Waals surface area contributed by atoms with Crippen LogP contribution in [0.1, 0.15) is 0 Å². The molecule has 0 aliphatic heterocycles. The maximum atomic E-state index is 13.2. The molecule has 8 heteroatoms. The molecule has 0 aliphatic rings. The second-order valence-corrected chi connectivity index (χ2v) is 7.51. The highest BCUT2D eigenvalue weighted by atomic mass is 32.2. The zero-order valence-electron chi connectivity index (χ0n) is 15.2. The molecule has 0 bridgehead atoms. The van der Waals surface area contributed by atoms with Gasteiger partial charge in [0.05, 0.1) is 24.8 Å². The van der Waals surface area contributed by atoms with Crippen molar-refractivity contribution in [3.8, 4) is 11.5 Å². The number of carbonyl (C=O) groups is 1. The summed E-state index contributed by atoms with van der Waals surface area (Å²) in [6, 6.07) is 12.7. The fourth-order valence-electron chi connectivity index (χ4n) is 2.27. The van der Waals surface area contributed by atoms with Crippen molar-refractivity contribution in [2.24, 2.45) is 0 Å². The molecule has 0 unspecified atom stereocenters. The molecule has 0 spiro atoms. The van der Waals surface area contributed by atoms with Gasteiger partial charge in [-0.2, -0.15) is 0 Å². The van der Waals surface area contributed by atoms with Gasteiger partial charge in [0.1, 0.15) is 18.0 Å². The summed E-state index contributed by atoms with van der Waals surface area (Å²) < 4.78 is 37.9. The van der Waals surface area contributed by atoms with E-state index in [1.807, 2.05) is 0 Å². The van der Waals surface area contributed by atoms with Gasteiger partial charge < -0.3 is 14.4 Å². The van der Waals surface area contributed by atoms with Gasteiger partial charge in [-0.3, -0.25) is 9.10 Å². The third-order valence-corrected chi connectivity index (χ3v) is 5.54. The van der Waals surface area contributed by atoms with Crippen LogP contribution in [0.5, 0.6) is 11.5 Å². The summed E-state index contributed by atoms with van der Waals surface area (Å²) in [6.07, 6.45) is 0. The van der Waals surface area contributed by atoms with Gasteiger partial charge in [-0.1, -0.05) is 18.2 Å². The van der Waals surface area contributed by atoms with Crippen LogP contribution in [0.3, 0.4) is 0 Å². The van der Waals surface area contributed by atoms with Crippen molar-refractivity contribution in [1.29, 1.82) is 0 Å². The molecule has 0 saturated heterocycles. The highest BCUT2D eigenvalue weighted by Gasteiger charge is 2.30. The molecule has 0 atom stereocenters. The third kappa shape index (κ3) is 4.08. The predicted molar refractivity (Wildman–Crippen MR) is 99.2 cm³/mol. The molecule has 0 N–H and O–H groups in total. The fourth-order valence-corrected chi connectivity index (χ4v) is 3.72. The zero-order chi connectivity index (χ0) is 19.3. The summed E-state index contributed by atoms with van der Waals surface area (Å²) in [4.78, 5) is 13.7. The van der Waals surface area contributed by atoms with Crippen molar-refractivity contribution in [1.82, 2.24) is 4.90 Å². The standard InChI is InChI=1S/C18H22N2O5S/c1-19(2)18(21)13-20(26(22,23)15-8-6-5-7-9-15)16-11-10-14(24-3)12-17(16)25-4/h5-12H,13H2,1-4H3. The van der Waals surface area contributed by atoms with Crippen LogP contribution in [0.15, 0.2) is 53.4 Å². The average molecular weight is 378 g/mol. The van der Waals surface area contributed by atoms with E-state index in [9.17, 15) is 13.2 Å². The van der Waals surface area contributed by atoms with E-state index >= 15 is 0 Å². The Morgan fingerprint density at radius 2 is 1.65 bits per heavy atom. The van der Waals surface area contributed by atoms with E-state index in [1.54, 1.807) is 50.5 Å². The van der Waals surface area contributed by atoms with E-state index in [-0.39, 0.29) is 28.8 Å². The highest BCUT2D eigenvalue weighted by Crippen LogP contribution is 2.35. The van der Waals surface area contributed by atoms with Crippen LogP contribution in [0.4, 0.5) is 5.69 Å². The van der Waals surface area contributed by atoms with Crippen molar-refractivity contribution in [3.05, 3.63) is 48.5 Å². The van der Waals surface area contributed by atoms with E-state index in [1.165, 1.54) is 31.3 Å². The lowest BCUT2D eigenvalue weighted by molar-refractivity contribution is -0.127. The van der Waals surface area contributed by atoms with Crippen LogP contribution in [-0.2, 0) is 14.8 Å². The first kappa shape index (κ1) is 19.6. The fraction of sp³-hybridized carbons (Fsp3) is 0.278. The van der Waals surface area contributed by atoms with E-state index in [2.05, 4.69) is 0 Å². The number of amides is 1. The summed E-state index contributed by atoms with van der Waals surface area (Å²) in [5.41, 5.74) is 0.257. The minimum atomic E-state index is -3.97. The Morgan fingerprint density at radius 3 is 2.19 bits per heavy atom. The predicted octanol–water partition coefficient (Wildman–Crippen LogP) is 1.99. The number of hydrogen-bond acceptors (Lipinski definition) is 5. The number of hydrogen-bond donors (Lipinski definition) is 0. The van der Waals surface area contributed by atoms with E-state index in [0.717, 1.165) is 4.31 Å². The molecule has 0 saturated carbocycles. The van der Waals surface area contributed by atoms with Crippen LogP contribution in [0, 0.1) is 0 Å². The van der Waals surface area contributed by atoms with Gasteiger partial charge in [-0.05, 0) is 24.3 Å². The topological polar surface area (TPSA) is 76.2 Å². The third-order valence-electron chi connectivity index (χ3n) is 3.76. The van der Waals surface area contributed by atoms with Crippen molar-refractivity contribution in [2.45, 2.75) is 4.90 Å². The lowest BCUT2D eigenvalue weighted by Crippen LogP contribution is -2.40. The Kier molecular flexibility index (Phi) is 6.10. The Balaban J connectivity index is 2.61. The number of nitrogens with zero attached hydrogens (tertiary/aromatic N) is 2. The molecule has 0 aliphatic carbocycles. The van der Waals surface area contributed by atoms with E-state index in [4.69, 9.17) is 9.47 Å². The lowest BCUT2D eigenvalue weighted by atomic mass is 10.2. The van der Waals surface area contributed by atoms with Crippen LogP contribution in [-0.4, -0.2) is 54.1 Å². The van der Waals surface area contributed by atoms with E-state index < -0.39 is 10.0 Å². The largest absolute Gasteiger partial charge is 0.497 e. The van der Waals surface area contributed by atoms with Crippen LogP contribution >= 0.6 is 0 Å². The van der Waals surface area contributed by atoms with Gasteiger partial charge in [-0.25, -0.2) is 8.42 Å². The summed E-state index contributed by atoms with van der Waals surface area (Å²) in [6.45, 7) is -0.354. The van der Waals surface area contributed by atoms with Crippen molar-refractivity contribution >= 4 is 21.6 Å². The molecule has 26 heavy (non-hydrogen) atoms. The molecule has 2 rings (SSSR count). The smallest absolute Gasteiger partial charge is 0.264 e. The summed E-state index contributed by atoms with van der Waals surface area (Å²) in [5.74, 6) is 0.444. The van der Waals surface area contributed by atoms with Gasteiger partial charge in [0.25, 0.3) is 10.0 Å². The van der Waals surface area contributed by atoms with Gasteiger partial charge in [0.2, 0.25) is 5.91 Å². The van der Waals surface area contributed by atoms with Gasteiger partial charge in [-0.15, -0.1) is 0 Å². The second kappa shape index (κ2) is 8.09. The first-order valence-electron chi connectivity index (χ1n) is 7.81. The summed E-state index contributed by atoms with van der Waals surface area (Å²) in [5, 5.41) is 0. The number of ether oxygens (including phenoxy) is 2. The number of carbonyl (C=O) groups excluding carboxylic acids is 1. The average Bonchev–Trinajstić information content (AvgIpc) is 2.65. The molecular weight excluding hydrogens is 356 g/mol. The van der Waals surface area contributed by atoms with Crippen LogP contribution in [0.25, 0.3) is 0 Å². The SMILES string of the molecule is COc1ccc(N(CC(=O)N(C)C)S(=O)(=O)c2ccccc2)c(OC)c1. The molecule has 2 aromatic rings. The minimum Gasteiger partial charge on any atom is -0.497 e. The molecular formula is C18H22N2O5S. The number of anilines is 1. The molecule has 2 aromatic carbocycles. The minimum absolute atomic E-state index is 0.0874. The number of sulfonamides is 1. The molecule has 7 nitrogen and oxygen atoms in total. The zero-order valence-corrected chi connectivity index (χ0v) is 16.0. The van der Waals surface area contributed by atoms with Crippen LogP contribution < -0.4 is 13.8 Å². The van der Waals surface area contributed by atoms with Crippen molar-refractivity contribution in [3.63, 3.8) is 0 Å². The number of methoxy groups -OCH3 is 2. The Hall–Kier alpha value is -2.74. The Bertz CT molecular complexity index is 866. The van der Waals surface area contributed by atoms with E-state index in [0.29, 0.717) is 5.75 Å². The second-order valence-electron chi connectivity index (χ2n) is 5.65. The number of likely N-dealkylation sites (N-methyl/N-ethyl adjacent to an activating group) is 1. The van der Waals surface area contributed by atoms with Gasteiger partial charge in [0, 0.05) is 20.2 Å². The molecule has 0 fully saturated rings. The molecule has 1 amide bonds.